The molecule has 0 saturated heterocycles. The SMILES string of the molecule is C1C2CC3CC1CC(C2)C3.[H-].[H-].[Mg+2]. The van der Waals surface area contributed by atoms with Crippen LogP contribution in [0.4, 0.5) is 0 Å². The summed E-state index contributed by atoms with van der Waals surface area (Å²) in [5, 5.41) is 0. The van der Waals surface area contributed by atoms with E-state index >= 15 is 0 Å². The van der Waals surface area contributed by atoms with Crippen LogP contribution in [0.3, 0.4) is 0 Å². The molecule has 0 aliphatic heterocycles. The predicted molar refractivity (Wildman–Crippen MR) is 49.6 cm³/mol. The summed E-state index contributed by atoms with van der Waals surface area (Å²) in [6.07, 6.45) is 9.62. The molecule has 4 fully saturated rings. The van der Waals surface area contributed by atoms with Crippen molar-refractivity contribution in [3.8, 4) is 0 Å². The molecule has 60 valence electrons. The van der Waals surface area contributed by atoms with Gasteiger partial charge in [0.05, 0.1) is 0 Å². The fourth-order valence-corrected chi connectivity index (χ4v) is 3.98. The second-order valence-electron chi connectivity index (χ2n) is 4.88. The summed E-state index contributed by atoms with van der Waals surface area (Å²) in [7, 11) is 0. The van der Waals surface area contributed by atoms with Gasteiger partial charge >= 0.3 is 23.1 Å². The maximum atomic E-state index is 1.60. The van der Waals surface area contributed by atoms with Gasteiger partial charge in [-0.3, -0.25) is 0 Å². The van der Waals surface area contributed by atoms with Crippen molar-refractivity contribution in [2.75, 3.05) is 0 Å². The van der Waals surface area contributed by atoms with Gasteiger partial charge < -0.3 is 2.85 Å². The minimum absolute atomic E-state index is 0. The molecule has 4 rings (SSSR count). The van der Waals surface area contributed by atoms with Crippen LogP contribution in [0.1, 0.15) is 41.4 Å². The van der Waals surface area contributed by atoms with Gasteiger partial charge in [0.15, 0.2) is 0 Å². The Morgan fingerprint density at radius 2 is 0.727 bits per heavy atom. The van der Waals surface area contributed by atoms with Crippen LogP contribution in [0.15, 0.2) is 0 Å². The second-order valence-corrected chi connectivity index (χ2v) is 4.88. The van der Waals surface area contributed by atoms with E-state index in [9.17, 15) is 0 Å². The Bertz CT molecular complexity index is 104. The molecule has 0 aromatic heterocycles. The fourth-order valence-electron chi connectivity index (χ4n) is 3.98. The molecule has 4 bridgehead atoms. The largest absolute Gasteiger partial charge is 2.00 e. The van der Waals surface area contributed by atoms with E-state index in [0.29, 0.717) is 0 Å². The predicted octanol–water partition coefficient (Wildman–Crippen LogP) is 2.68. The van der Waals surface area contributed by atoms with Crippen LogP contribution >= 0.6 is 0 Å². The van der Waals surface area contributed by atoms with Crippen molar-refractivity contribution >= 4 is 23.1 Å². The Labute approximate surface area is 88.2 Å². The summed E-state index contributed by atoms with van der Waals surface area (Å²) in [6, 6.07) is 0. The molecule has 0 amide bonds. The molecule has 0 aromatic carbocycles. The van der Waals surface area contributed by atoms with Crippen LogP contribution in [0.2, 0.25) is 0 Å². The number of hydrogen-bond acceptors (Lipinski definition) is 0. The molecular weight excluding hydrogens is 144 g/mol. The first-order chi connectivity index (χ1) is 4.90. The molecular formula is C10H18Mg. The van der Waals surface area contributed by atoms with Gasteiger partial charge in [0.1, 0.15) is 0 Å². The number of hydrogen-bond donors (Lipinski definition) is 0. The maximum absolute atomic E-state index is 1.60. The van der Waals surface area contributed by atoms with Gasteiger partial charge in [0.25, 0.3) is 0 Å². The zero-order valence-corrected chi connectivity index (χ0v) is 8.67. The first kappa shape index (κ1) is 8.37. The van der Waals surface area contributed by atoms with Gasteiger partial charge in [-0.05, 0) is 62.2 Å². The Balaban J connectivity index is 0.000000480. The molecule has 0 atom stereocenters. The normalized spacial score (nSPS) is 52.4. The quantitative estimate of drug-likeness (QED) is 0.481. The second kappa shape index (κ2) is 2.92. The minimum atomic E-state index is 0. The average molecular weight is 163 g/mol. The van der Waals surface area contributed by atoms with E-state index in [-0.39, 0.29) is 25.9 Å². The summed E-state index contributed by atoms with van der Waals surface area (Å²) in [5.74, 6) is 4.71. The van der Waals surface area contributed by atoms with Crippen molar-refractivity contribution in [2.24, 2.45) is 23.7 Å². The third-order valence-electron chi connectivity index (χ3n) is 4.00. The first-order valence-electron chi connectivity index (χ1n) is 4.90. The molecule has 0 spiro atoms. The monoisotopic (exact) mass is 162 g/mol. The van der Waals surface area contributed by atoms with Crippen molar-refractivity contribution in [1.29, 1.82) is 0 Å². The zero-order chi connectivity index (χ0) is 6.55. The first-order valence-corrected chi connectivity index (χ1v) is 4.90. The van der Waals surface area contributed by atoms with Gasteiger partial charge in [-0.25, -0.2) is 0 Å². The Morgan fingerprint density at radius 3 is 0.909 bits per heavy atom. The Kier molecular flexibility index (Phi) is 2.22. The topological polar surface area (TPSA) is 0 Å². The van der Waals surface area contributed by atoms with E-state index < -0.39 is 0 Å². The molecule has 0 radical (unpaired) electrons. The zero-order valence-electron chi connectivity index (χ0n) is 9.26. The molecule has 0 N–H and O–H groups in total. The van der Waals surface area contributed by atoms with Crippen LogP contribution in [-0.4, -0.2) is 23.1 Å². The van der Waals surface area contributed by atoms with Gasteiger partial charge in [0, 0.05) is 0 Å². The smallest absolute Gasteiger partial charge is 1.00 e. The molecule has 0 heterocycles. The van der Waals surface area contributed by atoms with Crippen LogP contribution in [-0.2, 0) is 0 Å². The summed E-state index contributed by atoms with van der Waals surface area (Å²) < 4.78 is 0. The van der Waals surface area contributed by atoms with Crippen molar-refractivity contribution in [1.82, 2.24) is 0 Å². The van der Waals surface area contributed by atoms with Crippen molar-refractivity contribution < 1.29 is 2.85 Å². The van der Waals surface area contributed by atoms with E-state index in [0.717, 1.165) is 0 Å². The summed E-state index contributed by atoms with van der Waals surface area (Å²) >= 11 is 0. The molecule has 4 aliphatic rings. The maximum Gasteiger partial charge on any atom is 2.00 e. The van der Waals surface area contributed by atoms with Crippen LogP contribution in [0.25, 0.3) is 0 Å². The molecule has 0 nitrogen and oxygen atoms in total. The summed E-state index contributed by atoms with van der Waals surface area (Å²) in [6.45, 7) is 0. The molecule has 4 aliphatic carbocycles. The average Bonchev–Trinajstić information content (AvgIpc) is 1.82. The van der Waals surface area contributed by atoms with Gasteiger partial charge in [-0.1, -0.05) is 0 Å². The van der Waals surface area contributed by atoms with E-state index in [2.05, 4.69) is 0 Å². The van der Waals surface area contributed by atoms with Crippen molar-refractivity contribution in [3.05, 3.63) is 0 Å². The molecule has 0 aromatic rings. The van der Waals surface area contributed by atoms with Gasteiger partial charge in [-0.15, -0.1) is 0 Å². The molecule has 4 saturated carbocycles. The number of rotatable bonds is 0. The molecule has 11 heavy (non-hydrogen) atoms. The van der Waals surface area contributed by atoms with E-state index in [1.807, 2.05) is 0 Å². The third-order valence-corrected chi connectivity index (χ3v) is 4.00. The standard InChI is InChI=1S/C10H16.Mg.2H/c1-7-2-9-4-8(1)5-10(3-7)6-9;;;/h7-10H,1-6H2;;;/q;+2;2*-1. The van der Waals surface area contributed by atoms with E-state index in [4.69, 9.17) is 0 Å². The van der Waals surface area contributed by atoms with Gasteiger partial charge in [-0.2, -0.15) is 0 Å². The fraction of sp³-hybridized carbons (Fsp3) is 1.00. The van der Waals surface area contributed by atoms with E-state index in [1.54, 1.807) is 38.5 Å². The van der Waals surface area contributed by atoms with Crippen molar-refractivity contribution in [2.45, 2.75) is 38.5 Å². The van der Waals surface area contributed by atoms with Crippen LogP contribution in [0.5, 0.6) is 0 Å². The van der Waals surface area contributed by atoms with Crippen LogP contribution in [0, 0.1) is 23.7 Å². The third kappa shape index (κ3) is 1.35. The molecule has 1 heteroatoms. The molecule has 0 unspecified atom stereocenters. The summed E-state index contributed by atoms with van der Waals surface area (Å²) in [4.78, 5) is 0. The van der Waals surface area contributed by atoms with Gasteiger partial charge in [0.2, 0.25) is 0 Å². The Hall–Kier alpha value is 0.766. The van der Waals surface area contributed by atoms with Crippen LogP contribution < -0.4 is 0 Å². The Morgan fingerprint density at radius 1 is 0.545 bits per heavy atom. The van der Waals surface area contributed by atoms with E-state index in [1.165, 1.54) is 23.7 Å². The minimum Gasteiger partial charge on any atom is -1.00 e. The summed E-state index contributed by atoms with van der Waals surface area (Å²) in [5.41, 5.74) is 0. The van der Waals surface area contributed by atoms with Crippen molar-refractivity contribution in [3.63, 3.8) is 0 Å².